The zero-order chi connectivity index (χ0) is 18.5. The molecule has 0 aromatic carbocycles. The lowest BCUT2D eigenvalue weighted by atomic mass is 9.63. The number of hydrogen-bond acceptors (Lipinski definition) is 6. The van der Waals surface area contributed by atoms with Gasteiger partial charge in [0, 0.05) is 12.2 Å². The van der Waals surface area contributed by atoms with Crippen molar-refractivity contribution in [3.8, 4) is 0 Å². The monoisotopic (exact) mass is 356 g/mol. The Kier molecular flexibility index (Phi) is 5.61. The molecule has 6 nitrogen and oxygen atoms in total. The number of carbonyl (C=O) groups is 4. The van der Waals surface area contributed by atoms with Gasteiger partial charge < -0.3 is 9.47 Å². The summed E-state index contributed by atoms with van der Waals surface area (Å²) in [6.45, 7) is 0. The lowest BCUT2D eigenvalue weighted by molar-refractivity contribution is -0.154. The van der Waals surface area contributed by atoms with Gasteiger partial charge in [0.05, 0.1) is 11.8 Å². The highest BCUT2D eigenvalue weighted by atomic mass is 16.6. The summed E-state index contributed by atoms with van der Waals surface area (Å²) in [6, 6.07) is 0. The highest BCUT2D eigenvalue weighted by Crippen LogP contribution is 2.48. The molecule has 2 heterocycles. The van der Waals surface area contributed by atoms with Crippen LogP contribution < -0.4 is 0 Å². The minimum atomic E-state index is -0.579. The minimum Gasteiger partial charge on any atom is -0.393 e. The number of ether oxygens (including phenoxy) is 2. The van der Waals surface area contributed by atoms with E-state index in [2.05, 4.69) is 45.9 Å². The van der Waals surface area contributed by atoms with E-state index < -0.39 is 11.9 Å². The standard InChI is InChI=1S/C10H10O3.C6H8.C4H2O3/c11-9-7-5-1-2-6(4-3-5)8(7)10(12)13-9;1-2-4-6-5-3-1;5-3-1-2-4(6)7-3/h1-2,5-8H,3-4H2;1-4H,5-6H2;1-2H. The lowest BCUT2D eigenvalue weighted by Crippen LogP contribution is -2.38. The van der Waals surface area contributed by atoms with Crippen LogP contribution in [0.4, 0.5) is 0 Å². The zero-order valence-electron chi connectivity index (χ0n) is 14.2. The maximum Gasteiger partial charge on any atom is 0.338 e. The van der Waals surface area contributed by atoms with E-state index in [4.69, 9.17) is 0 Å². The maximum atomic E-state index is 11.3. The molecule has 1 saturated carbocycles. The van der Waals surface area contributed by atoms with Gasteiger partial charge in [-0.3, -0.25) is 9.59 Å². The molecule has 6 rings (SSSR count). The second kappa shape index (κ2) is 8.08. The molecular weight excluding hydrogens is 336 g/mol. The van der Waals surface area contributed by atoms with Crippen molar-refractivity contribution < 1.29 is 28.7 Å². The Labute approximate surface area is 151 Å². The Morgan fingerprint density at radius 3 is 1.42 bits per heavy atom. The van der Waals surface area contributed by atoms with Gasteiger partial charge in [0.15, 0.2) is 0 Å². The van der Waals surface area contributed by atoms with Gasteiger partial charge in [-0.1, -0.05) is 36.5 Å². The fourth-order valence-electron chi connectivity index (χ4n) is 3.72. The Morgan fingerprint density at radius 1 is 0.692 bits per heavy atom. The van der Waals surface area contributed by atoms with Crippen molar-refractivity contribution >= 4 is 23.9 Å². The van der Waals surface area contributed by atoms with Gasteiger partial charge in [-0.15, -0.1) is 0 Å². The van der Waals surface area contributed by atoms with E-state index in [0.29, 0.717) is 0 Å². The van der Waals surface area contributed by atoms with E-state index in [0.717, 1.165) is 25.0 Å². The van der Waals surface area contributed by atoms with Gasteiger partial charge >= 0.3 is 23.9 Å². The van der Waals surface area contributed by atoms with Crippen LogP contribution in [0, 0.1) is 23.7 Å². The van der Waals surface area contributed by atoms with E-state index in [1.54, 1.807) is 0 Å². The number of esters is 4. The van der Waals surface area contributed by atoms with Gasteiger partial charge in [-0.05, 0) is 37.5 Å². The first-order valence-electron chi connectivity index (χ1n) is 8.75. The maximum absolute atomic E-state index is 11.3. The molecule has 4 aliphatic carbocycles. The Morgan fingerprint density at radius 2 is 1.15 bits per heavy atom. The molecule has 6 heteroatoms. The Hall–Kier alpha value is -2.76. The first kappa shape index (κ1) is 18.0. The summed E-state index contributed by atoms with van der Waals surface area (Å²) in [6.07, 6.45) is 19.4. The van der Waals surface area contributed by atoms with Gasteiger partial charge in [0.25, 0.3) is 0 Å². The van der Waals surface area contributed by atoms with Crippen molar-refractivity contribution in [1.82, 2.24) is 0 Å². The van der Waals surface area contributed by atoms with E-state index in [1.807, 2.05) is 0 Å². The predicted molar refractivity (Wildman–Crippen MR) is 91.2 cm³/mol. The molecule has 2 aliphatic heterocycles. The molecule has 1 saturated heterocycles. The molecule has 0 aromatic rings. The van der Waals surface area contributed by atoms with Crippen LogP contribution in [-0.2, 0) is 28.7 Å². The van der Waals surface area contributed by atoms with Crippen molar-refractivity contribution in [1.29, 1.82) is 0 Å². The lowest BCUT2D eigenvalue weighted by Gasteiger charge is -2.37. The highest BCUT2D eigenvalue weighted by molar-refractivity contribution is 6.04. The first-order valence-corrected chi connectivity index (χ1v) is 8.75. The Balaban J connectivity index is 0.000000128. The van der Waals surface area contributed by atoms with Crippen molar-refractivity contribution in [2.24, 2.45) is 23.7 Å². The first-order chi connectivity index (χ1) is 12.6. The second-order valence-corrected chi connectivity index (χ2v) is 6.59. The van der Waals surface area contributed by atoms with E-state index in [-0.39, 0.29) is 35.6 Å². The predicted octanol–water partition coefficient (Wildman–Crippen LogP) is 2.42. The molecule has 6 aliphatic rings. The smallest absolute Gasteiger partial charge is 0.338 e. The average molecular weight is 356 g/mol. The van der Waals surface area contributed by atoms with E-state index in [1.165, 1.54) is 12.8 Å². The Bertz CT molecular complexity index is 669. The molecule has 0 radical (unpaired) electrons. The molecule has 4 unspecified atom stereocenters. The van der Waals surface area contributed by atoms with Crippen LogP contribution >= 0.6 is 0 Å². The third kappa shape index (κ3) is 4.07. The number of carbonyl (C=O) groups excluding carboxylic acids is 4. The van der Waals surface area contributed by atoms with Crippen LogP contribution in [0.1, 0.15) is 25.7 Å². The number of fused-ring (bicyclic) bond motifs is 1. The van der Waals surface area contributed by atoms with Crippen LogP contribution in [0.25, 0.3) is 0 Å². The van der Waals surface area contributed by atoms with Gasteiger partial charge in [0.2, 0.25) is 0 Å². The normalized spacial score (nSPS) is 32.3. The number of allylic oxidation sites excluding steroid dienone is 6. The van der Waals surface area contributed by atoms with Gasteiger partial charge in [0.1, 0.15) is 0 Å². The second-order valence-electron chi connectivity index (χ2n) is 6.59. The third-order valence-electron chi connectivity index (χ3n) is 4.93. The fourth-order valence-corrected chi connectivity index (χ4v) is 3.72. The number of hydrogen-bond donors (Lipinski definition) is 0. The van der Waals surface area contributed by atoms with Crippen LogP contribution in [-0.4, -0.2) is 23.9 Å². The summed E-state index contributed by atoms with van der Waals surface area (Å²) in [5.74, 6) is -1.55. The van der Waals surface area contributed by atoms with Gasteiger partial charge in [-0.25, -0.2) is 9.59 Å². The highest BCUT2D eigenvalue weighted by Gasteiger charge is 2.54. The number of rotatable bonds is 0. The molecule has 26 heavy (non-hydrogen) atoms. The fraction of sp³-hybridized carbons (Fsp3) is 0.400. The summed E-state index contributed by atoms with van der Waals surface area (Å²) in [4.78, 5) is 42.5. The summed E-state index contributed by atoms with van der Waals surface area (Å²) in [7, 11) is 0. The van der Waals surface area contributed by atoms with Crippen molar-refractivity contribution in [3.63, 3.8) is 0 Å². The van der Waals surface area contributed by atoms with Crippen molar-refractivity contribution in [2.75, 3.05) is 0 Å². The molecule has 2 bridgehead atoms. The third-order valence-corrected chi connectivity index (χ3v) is 4.93. The van der Waals surface area contributed by atoms with Crippen LogP contribution in [0.15, 0.2) is 48.6 Å². The topological polar surface area (TPSA) is 86.7 Å². The summed E-state index contributed by atoms with van der Waals surface area (Å²) >= 11 is 0. The van der Waals surface area contributed by atoms with Crippen LogP contribution in [0.3, 0.4) is 0 Å². The number of cyclic esters (lactones) is 4. The molecule has 0 amide bonds. The minimum absolute atomic E-state index is 0.156. The van der Waals surface area contributed by atoms with Crippen molar-refractivity contribution in [3.05, 3.63) is 48.6 Å². The van der Waals surface area contributed by atoms with E-state index in [9.17, 15) is 19.2 Å². The largest absolute Gasteiger partial charge is 0.393 e. The summed E-state index contributed by atoms with van der Waals surface area (Å²) in [5.41, 5.74) is 0. The van der Waals surface area contributed by atoms with Gasteiger partial charge in [-0.2, -0.15) is 0 Å². The molecule has 2 fully saturated rings. The quantitative estimate of drug-likeness (QED) is 0.376. The summed E-state index contributed by atoms with van der Waals surface area (Å²) in [5, 5.41) is 0. The molecule has 0 spiro atoms. The summed E-state index contributed by atoms with van der Waals surface area (Å²) < 4.78 is 8.64. The molecule has 136 valence electrons. The molecular formula is C20H20O6. The molecule has 0 aromatic heterocycles. The SMILES string of the molecule is C1=CCCC=C1.O=C1C=CC(=O)O1.O=C1OC(=O)C2C3C=CC(CC3)C12. The van der Waals surface area contributed by atoms with Crippen molar-refractivity contribution in [2.45, 2.75) is 25.7 Å². The zero-order valence-corrected chi connectivity index (χ0v) is 14.2. The molecule has 4 atom stereocenters. The molecule has 0 N–H and O–H groups in total. The van der Waals surface area contributed by atoms with E-state index >= 15 is 0 Å². The average Bonchev–Trinajstić information content (AvgIpc) is 3.21. The van der Waals surface area contributed by atoms with Crippen LogP contribution in [0.5, 0.6) is 0 Å². The van der Waals surface area contributed by atoms with Crippen LogP contribution in [0.2, 0.25) is 0 Å².